The van der Waals surface area contributed by atoms with E-state index in [9.17, 15) is 29.7 Å². The van der Waals surface area contributed by atoms with Crippen LogP contribution in [0.3, 0.4) is 0 Å². The number of carbonyl (C=O) groups is 2. The van der Waals surface area contributed by atoms with Crippen molar-refractivity contribution in [2.45, 2.75) is 52.7 Å². The second kappa shape index (κ2) is 13.0. The van der Waals surface area contributed by atoms with Gasteiger partial charge in [0.1, 0.15) is 11.2 Å². The summed E-state index contributed by atoms with van der Waals surface area (Å²) in [5.41, 5.74) is 1.62. The average Bonchev–Trinajstić information content (AvgIpc) is 3.04. The predicted octanol–water partition coefficient (Wildman–Crippen LogP) is 5.75. The Hall–Kier alpha value is -4.99. The maximum Gasteiger partial charge on any atom is 0.489 e. The van der Waals surface area contributed by atoms with Crippen molar-refractivity contribution in [3.8, 4) is 22.3 Å². The van der Waals surface area contributed by atoms with Crippen molar-refractivity contribution in [3.63, 3.8) is 0 Å². The fourth-order valence-corrected chi connectivity index (χ4v) is 6.38. The smallest absolute Gasteiger partial charge is 0.456 e. The molecular weight excluding hydrogens is 630 g/mol. The minimum Gasteiger partial charge on any atom is -0.456 e. The normalized spacial score (nSPS) is 12.0. The van der Waals surface area contributed by atoms with Crippen LogP contribution in [0, 0.1) is 0 Å². The molecule has 6 aromatic rings. The molecule has 10 heteroatoms. The number of carbonyl (C=O) groups excluding carboxylic acids is 2. The molecule has 0 aliphatic rings. The Morgan fingerprint density at radius 3 is 1.24 bits per heavy atom. The van der Waals surface area contributed by atoms with Gasteiger partial charge in [0.2, 0.25) is 0 Å². The van der Waals surface area contributed by atoms with Gasteiger partial charge < -0.3 is 29.6 Å². The minimum atomic E-state index is -1.90. The van der Waals surface area contributed by atoms with Gasteiger partial charge >= 0.3 is 26.2 Å². The van der Waals surface area contributed by atoms with Crippen LogP contribution in [0.4, 0.5) is 0 Å². The maximum absolute atomic E-state index is 13.6. The molecule has 0 fully saturated rings. The lowest BCUT2D eigenvalue weighted by molar-refractivity contribution is 0.00604. The molecule has 0 spiro atoms. The average molecular weight is 668 g/mol. The maximum atomic E-state index is 13.6. The van der Waals surface area contributed by atoms with Crippen LogP contribution in [0.2, 0.25) is 0 Å². The number of esters is 2. The van der Waals surface area contributed by atoms with Crippen LogP contribution in [-0.2, 0) is 9.47 Å². The van der Waals surface area contributed by atoms with Crippen LogP contribution in [0.5, 0.6) is 0 Å². The van der Waals surface area contributed by atoms with Crippen molar-refractivity contribution in [1.82, 2.24) is 0 Å². The molecule has 0 bridgehead atoms. The fraction of sp³-hybridized carbons (Fsp3) is 0.200. The Labute approximate surface area is 291 Å². The monoisotopic (exact) mass is 668 g/mol. The third-order valence-corrected chi connectivity index (χ3v) is 8.38. The molecule has 0 aromatic heterocycles. The molecule has 0 aliphatic heterocycles. The quantitative estimate of drug-likeness (QED) is 0.130. The van der Waals surface area contributed by atoms with Gasteiger partial charge in [-0.3, -0.25) is 0 Å². The Balaban J connectivity index is 1.57. The van der Waals surface area contributed by atoms with Gasteiger partial charge in [0, 0.05) is 10.8 Å². The topological polar surface area (TPSA) is 134 Å². The van der Waals surface area contributed by atoms with Gasteiger partial charge in [0.25, 0.3) is 0 Å². The largest absolute Gasteiger partial charge is 0.489 e. The molecule has 0 unspecified atom stereocenters. The summed E-state index contributed by atoms with van der Waals surface area (Å²) >= 11 is 0. The zero-order valence-corrected chi connectivity index (χ0v) is 28.8. The number of hydrogen-bond donors (Lipinski definition) is 4. The van der Waals surface area contributed by atoms with Gasteiger partial charge in [-0.25, -0.2) is 9.59 Å². The highest BCUT2D eigenvalue weighted by Crippen LogP contribution is 2.37. The van der Waals surface area contributed by atoms with Gasteiger partial charge in [0.05, 0.1) is 11.1 Å². The lowest BCUT2D eigenvalue weighted by Gasteiger charge is -2.22. The Morgan fingerprint density at radius 1 is 0.500 bits per heavy atom. The van der Waals surface area contributed by atoms with E-state index >= 15 is 0 Å². The van der Waals surface area contributed by atoms with Crippen molar-refractivity contribution < 1.29 is 39.2 Å². The molecule has 0 radical (unpaired) electrons. The van der Waals surface area contributed by atoms with Crippen LogP contribution < -0.4 is 10.9 Å². The number of ether oxygens (including phenoxy) is 2. The standard InChI is InChI=1S/C40H38B2O8/c1-39(2,3)49-37(43)35-31(41(45)46)19-17-24-9-7-11-29(33(24)35)26-15-13-23-14-16-27(22-28(23)21-26)30-12-8-10-25-18-20-32(42(47)48)36(34(25)30)38(44)50-40(4,5)6/h7-22,45-48H,1-6H3. The van der Waals surface area contributed by atoms with E-state index in [0.29, 0.717) is 21.9 Å². The van der Waals surface area contributed by atoms with E-state index in [0.717, 1.165) is 32.7 Å². The lowest BCUT2D eigenvalue weighted by atomic mass is 9.74. The van der Waals surface area contributed by atoms with E-state index in [1.807, 2.05) is 72.8 Å². The van der Waals surface area contributed by atoms with Crippen molar-refractivity contribution >= 4 is 69.4 Å². The first kappa shape index (κ1) is 34.9. The molecule has 0 heterocycles. The molecule has 0 aliphatic carbocycles. The van der Waals surface area contributed by atoms with E-state index in [2.05, 4.69) is 0 Å². The lowest BCUT2D eigenvalue weighted by Crippen LogP contribution is -2.37. The highest BCUT2D eigenvalue weighted by molar-refractivity contribution is 6.61. The molecule has 0 saturated heterocycles. The first-order valence-electron chi connectivity index (χ1n) is 16.4. The van der Waals surface area contributed by atoms with Gasteiger partial charge in [-0.1, -0.05) is 84.9 Å². The van der Waals surface area contributed by atoms with E-state index < -0.39 is 37.4 Å². The molecular formula is C40H38B2O8. The molecule has 6 aromatic carbocycles. The number of rotatable bonds is 6. The van der Waals surface area contributed by atoms with Crippen molar-refractivity contribution in [2.75, 3.05) is 0 Å². The molecule has 50 heavy (non-hydrogen) atoms. The molecule has 0 amide bonds. The second-order valence-corrected chi connectivity index (χ2v) is 14.4. The summed E-state index contributed by atoms with van der Waals surface area (Å²) in [5, 5.41) is 45.4. The number of fused-ring (bicyclic) bond motifs is 3. The Morgan fingerprint density at radius 2 is 0.880 bits per heavy atom. The van der Waals surface area contributed by atoms with E-state index in [1.165, 1.54) is 12.1 Å². The van der Waals surface area contributed by atoms with Gasteiger partial charge in [-0.05, 0) is 108 Å². The molecule has 0 saturated carbocycles. The predicted molar refractivity (Wildman–Crippen MR) is 200 cm³/mol. The van der Waals surface area contributed by atoms with E-state index in [-0.39, 0.29) is 22.1 Å². The highest BCUT2D eigenvalue weighted by atomic mass is 16.6. The van der Waals surface area contributed by atoms with Gasteiger partial charge in [-0.2, -0.15) is 0 Å². The summed E-state index contributed by atoms with van der Waals surface area (Å²) in [6.45, 7) is 10.5. The van der Waals surface area contributed by atoms with Gasteiger partial charge in [0.15, 0.2) is 0 Å². The SMILES string of the molecule is CC(C)(C)OC(=O)c1c(B(O)O)ccc2cccc(-c3ccc4ccc(-c5cccc6ccc(B(O)O)c(C(=O)OC(C)(C)C)c56)cc4c3)c12. The van der Waals surface area contributed by atoms with Gasteiger partial charge in [-0.15, -0.1) is 0 Å². The van der Waals surface area contributed by atoms with Crippen LogP contribution in [0.15, 0.2) is 97.1 Å². The minimum absolute atomic E-state index is 0.0476. The summed E-state index contributed by atoms with van der Waals surface area (Å²) in [6, 6.07) is 29.6. The summed E-state index contributed by atoms with van der Waals surface area (Å²) < 4.78 is 11.5. The summed E-state index contributed by atoms with van der Waals surface area (Å²) in [4.78, 5) is 27.2. The van der Waals surface area contributed by atoms with E-state index in [4.69, 9.17) is 9.47 Å². The van der Waals surface area contributed by atoms with Crippen LogP contribution in [0.1, 0.15) is 62.3 Å². The molecule has 252 valence electrons. The molecule has 4 N–H and O–H groups in total. The Bertz CT molecular complexity index is 2140. The van der Waals surface area contributed by atoms with Crippen LogP contribution >= 0.6 is 0 Å². The number of hydrogen-bond acceptors (Lipinski definition) is 8. The third-order valence-electron chi connectivity index (χ3n) is 8.38. The zero-order valence-electron chi connectivity index (χ0n) is 28.8. The van der Waals surface area contributed by atoms with E-state index in [1.54, 1.807) is 53.7 Å². The highest BCUT2D eigenvalue weighted by Gasteiger charge is 2.30. The first-order chi connectivity index (χ1) is 23.5. The molecule has 8 nitrogen and oxygen atoms in total. The van der Waals surface area contributed by atoms with Crippen molar-refractivity contribution in [2.24, 2.45) is 0 Å². The second-order valence-electron chi connectivity index (χ2n) is 14.4. The van der Waals surface area contributed by atoms with Crippen LogP contribution in [-0.4, -0.2) is 57.5 Å². The summed E-state index contributed by atoms with van der Waals surface area (Å²) in [7, 11) is -3.79. The van der Waals surface area contributed by atoms with Crippen molar-refractivity contribution in [3.05, 3.63) is 108 Å². The third kappa shape index (κ3) is 6.88. The molecule has 6 rings (SSSR count). The van der Waals surface area contributed by atoms with Crippen molar-refractivity contribution in [1.29, 1.82) is 0 Å². The molecule has 0 atom stereocenters. The fourth-order valence-electron chi connectivity index (χ4n) is 6.38. The zero-order chi connectivity index (χ0) is 36.1. The summed E-state index contributed by atoms with van der Waals surface area (Å²) in [6.07, 6.45) is 0. The number of benzene rings is 6. The Kier molecular flexibility index (Phi) is 9.09. The first-order valence-corrected chi connectivity index (χ1v) is 16.4. The summed E-state index contributed by atoms with van der Waals surface area (Å²) in [5.74, 6) is -1.32. The van der Waals surface area contributed by atoms with Crippen LogP contribution in [0.25, 0.3) is 54.6 Å².